The van der Waals surface area contributed by atoms with Gasteiger partial charge < -0.3 is 20.3 Å². The molecule has 0 radical (unpaired) electrons. The number of anilines is 2. The van der Waals surface area contributed by atoms with E-state index in [1.807, 2.05) is 11.0 Å². The highest BCUT2D eigenvalue weighted by molar-refractivity contribution is 9.10. The maximum atomic E-state index is 14.4. The number of nitriles is 1. The lowest BCUT2D eigenvalue weighted by molar-refractivity contribution is 0.0964. The Morgan fingerprint density at radius 3 is 2.53 bits per heavy atom. The van der Waals surface area contributed by atoms with Gasteiger partial charge in [-0.05, 0) is 77.9 Å². The largest absolute Gasteiger partial charge is 0.462 e. The molecule has 12 nitrogen and oxygen atoms in total. The minimum atomic E-state index is -0.494. The van der Waals surface area contributed by atoms with Crippen molar-refractivity contribution in [3.05, 3.63) is 80.7 Å². The number of carbonyl (C=O) groups excluding carboxylic acids is 2. The van der Waals surface area contributed by atoms with Crippen molar-refractivity contribution in [1.29, 1.82) is 5.26 Å². The highest BCUT2D eigenvalue weighted by Crippen LogP contribution is 2.30. The number of aromatic nitrogens is 5. The Kier molecular flexibility index (Phi) is 12.7. The van der Waals surface area contributed by atoms with Crippen molar-refractivity contribution in [2.24, 2.45) is 11.8 Å². The van der Waals surface area contributed by atoms with Crippen LogP contribution in [0, 0.1) is 47.7 Å². The lowest BCUT2D eigenvalue weighted by atomic mass is 9.92. The summed E-state index contributed by atoms with van der Waals surface area (Å²) in [6.07, 6.45) is 5.55. The monoisotopic (exact) mass is 749 g/mol. The number of aryl methyl sites for hydroxylation is 1. The number of hydrogen-bond acceptors (Lipinski definition) is 9. The Balaban J connectivity index is 0.000000237. The molecular formula is C34H34BrClFN9O3. The molecule has 4 aromatic rings. The Labute approximate surface area is 297 Å². The molecule has 0 spiro atoms. The van der Waals surface area contributed by atoms with Crippen LogP contribution in [0.4, 0.5) is 15.9 Å². The molecule has 1 saturated heterocycles. The Morgan fingerprint density at radius 1 is 1.14 bits per heavy atom. The van der Waals surface area contributed by atoms with E-state index in [1.54, 1.807) is 38.2 Å². The van der Waals surface area contributed by atoms with Gasteiger partial charge in [0.05, 0.1) is 33.5 Å². The molecule has 2 amide bonds. The zero-order valence-corrected chi connectivity index (χ0v) is 29.9. The molecular weight excluding hydrogens is 717 g/mol. The van der Waals surface area contributed by atoms with Gasteiger partial charge in [0.25, 0.3) is 17.7 Å². The van der Waals surface area contributed by atoms with Crippen LogP contribution in [0.2, 0.25) is 5.02 Å². The van der Waals surface area contributed by atoms with Gasteiger partial charge in [-0.3, -0.25) is 9.59 Å². The van der Waals surface area contributed by atoms with Crippen molar-refractivity contribution in [1.82, 2.24) is 30.0 Å². The third kappa shape index (κ3) is 9.10. The van der Waals surface area contributed by atoms with Crippen molar-refractivity contribution in [3.8, 4) is 29.6 Å². The lowest BCUT2D eigenvalue weighted by Crippen LogP contribution is -2.39. The van der Waals surface area contributed by atoms with E-state index in [2.05, 4.69) is 72.3 Å². The molecule has 2 unspecified atom stereocenters. The number of hydrogen-bond donors (Lipinski definition) is 2. The summed E-state index contributed by atoms with van der Waals surface area (Å²) in [6.45, 7) is 9.53. The second-order valence-electron chi connectivity index (χ2n) is 11.3. The van der Waals surface area contributed by atoms with Crippen molar-refractivity contribution in [2.45, 2.75) is 34.1 Å². The average Bonchev–Trinajstić information content (AvgIpc) is 3.47. The standard InChI is InChI=1S/C19H14BrClN6O2.C15H20FN3O/c1-10-6-11(8-22)7-12(18(28)23-2)15(10)25-19(29)13-9-27(26-16(13)20)17-14(21)4-3-5-24-17;1-4-5-6-20-15-13(16)14(17-10-18-15)19-8-11(2)7-12(3)9-19/h3-7,9H,1-2H3,(H,23,28)(H,25,29);10-12H,6-9H2,1-3H3. The van der Waals surface area contributed by atoms with Gasteiger partial charge in [0.15, 0.2) is 18.2 Å². The third-order valence-electron chi connectivity index (χ3n) is 7.41. The molecule has 0 saturated carbocycles. The zero-order chi connectivity index (χ0) is 35.7. The number of ether oxygens (including phenoxy) is 1. The van der Waals surface area contributed by atoms with Crippen LogP contribution in [-0.2, 0) is 0 Å². The molecule has 1 fully saturated rings. The predicted octanol–water partition coefficient (Wildman–Crippen LogP) is 5.98. The fraction of sp³-hybridized carbons (Fsp3) is 0.324. The van der Waals surface area contributed by atoms with E-state index in [0.717, 1.165) is 13.1 Å². The van der Waals surface area contributed by atoms with Crippen molar-refractivity contribution in [2.75, 3.05) is 37.0 Å². The van der Waals surface area contributed by atoms with Crippen LogP contribution in [0.25, 0.3) is 5.82 Å². The van der Waals surface area contributed by atoms with E-state index in [0.29, 0.717) is 45.3 Å². The highest BCUT2D eigenvalue weighted by atomic mass is 79.9. The smallest absolute Gasteiger partial charge is 0.260 e. The van der Waals surface area contributed by atoms with Gasteiger partial charge in [-0.2, -0.15) is 19.7 Å². The van der Waals surface area contributed by atoms with Gasteiger partial charge in [0.2, 0.25) is 5.82 Å². The maximum absolute atomic E-state index is 14.4. The summed E-state index contributed by atoms with van der Waals surface area (Å²) >= 11 is 9.41. The fourth-order valence-corrected chi connectivity index (χ4v) is 6.01. The summed E-state index contributed by atoms with van der Waals surface area (Å²) in [7, 11) is 1.47. The summed E-state index contributed by atoms with van der Waals surface area (Å²) in [6, 6.07) is 8.37. The summed E-state index contributed by atoms with van der Waals surface area (Å²) < 4.78 is 21.3. The van der Waals surface area contributed by atoms with E-state index >= 15 is 0 Å². The second-order valence-corrected chi connectivity index (χ2v) is 12.5. The van der Waals surface area contributed by atoms with Gasteiger partial charge in [-0.1, -0.05) is 31.4 Å². The maximum Gasteiger partial charge on any atom is 0.260 e. The number of nitrogens with zero attached hydrogens (tertiary/aromatic N) is 7. The highest BCUT2D eigenvalue weighted by Gasteiger charge is 2.26. The molecule has 2 atom stereocenters. The number of piperidine rings is 1. The predicted molar refractivity (Wildman–Crippen MR) is 187 cm³/mol. The molecule has 49 heavy (non-hydrogen) atoms. The second kappa shape index (κ2) is 16.9. The van der Waals surface area contributed by atoms with E-state index in [4.69, 9.17) is 21.6 Å². The number of nitrogens with one attached hydrogen (secondary N) is 2. The zero-order valence-electron chi connectivity index (χ0n) is 27.5. The quantitative estimate of drug-likeness (QED) is 0.218. The van der Waals surface area contributed by atoms with E-state index in [-0.39, 0.29) is 28.2 Å². The van der Waals surface area contributed by atoms with Gasteiger partial charge >= 0.3 is 0 Å². The molecule has 0 aliphatic carbocycles. The normalized spacial score (nSPS) is 15.1. The first-order chi connectivity index (χ1) is 23.5. The van der Waals surface area contributed by atoms with Crippen LogP contribution in [0.15, 0.2) is 47.6 Å². The molecule has 1 aliphatic rings. The van der Waals surface area contributed by atoms with E-state index < -0.39 is 17.6 Å². The Bertz CT molecular complexity index is 1940. The Morgan fingerprint density at radius 2 is 1.88 bits per heavy atom. The SMILES string of the molecule is CC#CCOc1ncnc(N2CC(C)CC(C)C2)c1F.CNC(=O)c1cc(C#N)cc(C)c1NC(=O)c1cn(-c2ncccc2Cl)nc1Br. The summed E-state index contributed by atoms with van der Waals surface area (Å²) in [4.78, 5) is 39.2. The first kappa shape index (κ1) is 36.8. The number of rotatable bonds is 7. The molecule has 15 heteroatoms. The van der Waals surface area contributed by atoms with Crippen molar-refractivity contribution < 1.29 is 18.7 Å². The van der Waals surface area contributed by atoms with Crippen LogP contribution in [0.5, 0.6) is 5.88 Å². The van der Waals surface area contributed by atoms with Crippen molar-refractivity contribution in [3.63, 3.8) is 0 Å². The van der Waals surface area contributed by atoms with E-state index in [1.165, 1.54) is 36.7 Å². The number of halogens is 3. The van der Waals surface area contributed by atoms with Crippen LogP contribution < -0.4 is 20.3 Å². The molecule has 1 aromatic carbocycles. The topological polar surface area (TPSA) is 151 Å². The average molecular weight is 751 g/mol. The molecule has 5 rings (SSSR count). The van der Waals surface area contributed by atoms with Gasteiger partial charge in [0.1, 0.15) is 10.9 Å². The van der Waals surface area contributed by atoms with E-state index in [9.17, 15) is 14.0 Å². The molecule has 1 aliphatic heterocycles. The molecule has 254 valence electrons. The summed E-state index contributed by atoms with van der Waals surface area (Å²) in [5, 5.41) is 19.0. The van der Waals surface area contributed by atoms with Gasteiger partial charge in [-0.15, -0.1) is 5.92 Å². The van der Waals surface area contributed by atoms with Gasteiger partial charge in [0, 0.05) is 32.5 Å². The first-order valence-corrected chi connectivity index (χ1v) is 16.4. The number of amides is 2. The number of pyridine rings is 1. The molecule has 4 heterocycles. The number of benzene rings is 1. The van der Waals surface area contributed by atoms with Crippen LogP contribution in [-0.4, -0.2) is 63.3 Å². The minimum Gasteiger partial charge on any atom is -0.462 e. The van der Waals surface area contributed by atoms with Gasteiger partial charge in [-0.25, -0.2) is 14.6 Å². The fourth-order valence-electron chi connectivity index (χ4n) is 5.35. The number of carbonyl (C=O) groups is 2. The first-order valence-electron chi connectivity index (χ1n) is 15.2. The summed E-state index contributed by atoms with van der Waals surface area (Å²) in [5.74, 6) is 5.75. The van der Waals surface area contributed by atoms with Crippen LogP contribution >= 0.6 is 27.5 Å². The van der Waals surface area contributed by atoms with Crippen LogP contribution in [0.1, 0.15) is 59.0 Å². The van der Waals surface area contributed by atoms with Crippen LogP contribution in [0.3, 0.4) is 0 Å². The third-order valence-corrected chi connectivity index (χ3v) is 8.29. The molecule has 2 N–H and O–H groups in total. The summed E-state index contributed by atoms with van der Waals surface area (Å²) in [5.41, 5.74) is 1.61. The van der Waals surface area contributed by atoms with Crippen molar-refractivity contribution >= 4 is 50.9 Å². The molecule has 0 bridgehead atoms. The minimum absolute atomic E-state index is 0.0244. The lowest BCUT2D eigenvalue weighted by Gasteiger charge is -2.35. The Hall–Kier alpha value is -5.05. The molecule has 3 aromatic heterocycles.